The summed E-state index contributed by atoms with van der Waals surface area (Å²) in [5.74, 6) is 0.0134. The lowest BCUT2D eigenvalue weighted by atomic mass is 10.3. The maximum absolute atomic E-state index is 11.8. The van der Waals surface area contributed by atoms with E-state index in [4.69, 9.17) is 4.74 Å². The molecule has 0 aromatic rings. The van der Waals surface area contributed by atoms with E-state index in [1.54, 1.807) is 4.90 Å². The van der Waals surface area contributed by atoms with Crippen LogP contribution in [-0.4, -0.2) is 55.7 Å². The highest BCUT2D eigenvalue weighted by atomic mass is 16.5. The summed E-state index contributed by atoms with van der Waals surface area (Å²) in [5, 5.41) is 5.65. The molecular weight excluding hydrogens is 210 g/mol. The zero-order chi connectivity index (χ0) is 11.4. The topological polar surface area (TPSA) is 70.7 Å². The molecule has 2 aliphatic heterocycles. The summed E-state index contributed by atoms with van der Waals surface area (Å²) in [6, 6.07) is 0.0337. The highest BCUT2D eigenvalue weighted by Crippen LogP contribution is 2.05. The second-order valence-corrected chi connectivity index (χ2v) is 4.10. The molecule has 2 saturated heterocycles. The maximum atomic E-state index is 11.8. The van der Waals surface area contributed by atoms with Gasteiger partial charge in [-0.2, -0.15) is 0 Å². The molecule has 2 fully saturated rings. The Hall–Kier alpha value is -1.30. The predicted octanol–water partition coefficient (Wildman–Crippen LogP) is -0.693. The molecule has 6 heteroatoms. The van der Waals surface area contributed by atoms with Crippen LogP contribution in [0, 0.1) is 0 Å². The Morgan fingerprint density at radius 3 is 3.12 bits per heavy atom. The quantitative estimate of drug-likeness (QED) is 0.622. The van der Waals surface area contributed by atoms with Gasteiger partial charge in [-0.1, -0.05) is 0 Å². The summed E-state index contributed by atoms with van der Waals surface area (Å²) in [6.07, 6.45) is 1.26. The molecule has 0 spiro atoms. The van der Waals surface area contributed by atoms with Crippen molar-refractivity contribution in [2.24, 2.45) is 0 Å². The van der Waals surface area contributed by atoms with E-state index in [1.165, 1.54) is 0 Å². The van der Waals surface area contributed by atoms with E-state index < -0.39 is 0 Å². The summed E-state index contributed by atoms with van der Waals surface area (Å²) in [4.78, 5) is 24.6. The van der Waals surface area contributed by atoms with E-state index >= 15 is 0 Å². The van der Waals surface area contributed by atoms with Crippen LogP contribution in [0.2, 0.25) is 0 Å². The zero-order valence-corrected chi connectivity index (χ0v) is 9.20. The van der Waals surface area contributed by atoms with Crippen molar-refractivity contribution in [3.05, 3.63) is 0 Å². The van der Waals surface area contributed by atoms with Crippen molar-refractivity contribution in [3.63, 3.8) is 0 Å². The van der Waals surface area contributed by atoms with Gasteiger partial charge in [-0.05, 0) is 6.42 Å². The predicted molar refractivity (Wildman–Crippen MR) is 57.0 cm³/mol. The molecule has 1 atom stereocenters. The fraction of sp³-hybridized carbons (Fsp3) is 0.800. The zero-order valence-electron chi connectivity index (χ0n) is 9.20. The molecule has 90 valence electrons. The van der Waals surface area contributed by atoms with Gasteiger partial charge in [-0.25, -0.2) is 4.79 Å². The highest BCUT2D eigenvalue weighted by Gasteiger charge is 2.22. The summed E-state index contributed by atoms with van der Waals surface area (Å²) in [7, 11) is 0. The molecule has 0 aromatic carbocycles. The fourth-order valence-corrected chi connectivity index (χ4v) is 1.88. The van der Waals surface area contributed by atoms with Gasteiger partial charge in [-0.3, -0.25) is 4.79 Å². The first-order valence-electron chi connectivity index (χ1n) is 5.65. The number of hydrogen-bond donors (Lipinski definition) is 2. The van der Waals surface area contributed by atoms with Gasteiger partial charge in [0.25, 0.3) is 0 Å². The largest absolute Gasteiger partial charge is 0.379 e. The lowest BCUT2D eigenvalue weighted by Gasteiger charge is -2.22. The smallest absolute Gasteiger partial charge is 0.317 e. The molecule has 2 heterocycles. The molecule has 2 N–H and O–H groups in total. The summed E-state index contributed by atoms with van der Waals surface area (Å²) in [5.41, 5.74) is 0. The van der Waals surface area contributed by atoms with Crippen LogP contribution in [0.1, 0.15) is 12.8 Å². The van der Waals surface area contributed by atoms with Gasteiger partial charge in [0.15, 0.2) is 0 Å². The van der Waals surface area contributed by atoms with Gasteiger partial charge in [0.05, 0.1) is 12.6 Å². The second kappa shape index (κ2) is 5.16. The van der Waals surface area contributed by atoms with E-state index in [0.717, 1.165) is 6.42 Å². The highest BCUT2D eigenvalue weighted by molar-refractivity contribution is 5.79. The number of nitrogens with one attached hydrogen (secondary N) is 2. The van der Waals surface area contributed by atoms with Crippen LogP contribution >= 0.6 is 0 Å². The van der Waals surface area contributed by atoms with Crippen molar-refractivity contribution in [2.75, 3.05) is 32.8 Å². The van der Waals surface area contributed by atoms with Crippen LogP contribution in [0.15, 0.2) is 0 Å². The Kier molecular flexibility index (Phi) is 3.61. The van der Waals surface area contributed by atoms with E-state index in [1.807, 2.05) is 0 Å². The number of hydrogen-bond acceptors (Lipinski definition) is 3. The van der Waals surface area contributed by atoms with Crippen LogP contribution < -0.4 is 10.6 Å². The molecule has 0 bridgehead atoms. The minimum atomic E-state index is -0.0907. The molecule has 0 aromatic heterocycles. The van der Waals surface area contributed by atoms with Crippen molar-refractivity contribution in [3.8, 4) is 0 Å². The second-order valence-electron chi connectivity index (χ2n) is 4.10. The Labute approximate surface area is 94.3 Å². The van der Waals surface area contributed by atoms with E-state index in [2.05, 4.69) is 10.6 Å². The van der Waals surface area contributed by atoms with E-state index in [0.29, 0.717) is 39.3 Å². The van der Waals surface area contributed by atoms with Crippen molar-refractivity contribution >= 4 is 11.9 Å². The summed E-state index contributed by atoms with van der Waals surface area (Å²) >= 11 is 0. The summed E-state index contributed by atoms with van der Waals surface area (Å²) < 4.78 is 5.19. The third-order valence-electron chi connectivity index (χ3n) is 2.86. The number of amides is 3. The SMILES string of the molecule is O=C1CCN(C(=O)NC2CCOC2)CCN1. The van der Waals surface area contributed by atoms with Crippen LogP contribution in [0.5, 0.6) is 0 Å². The first-order valence-corrected chi connectivity index (χ1v) is 5.65. The molecule has 0 aliphatic carbocycles. The molecule has 6 nitrogen and oxygen atoms in total. The Bertz CT molecular complexity index is 276. The van der Waals surface area contributed by atoms with Gasteiger partial charge in [0, 0.05) is 32.7 Å². The minimum Gasteiger partial charge on any atom is -0.379 e. The molecule has 16 heavy (non-hydrogen) atoms. The lowest BCUT2D eigenvalue weighted by Crippen LogP contribution is -2.46. The number of ether oxygens (including phenoxy) is 1. The van der Waals surface area contributed by atoms with Gasteiger partial charge in [0.1, 0.15) is 0 Å². The number of carbonyl (C=O) groups excluding carboxylic acids is 2. The van der Waals surface area contributed by atoms with Crippen LogP contribution in [0.3, 0.4) is 0 Å². The first-order chi connectivity index (χ1) is 7.75. The maximum Gasteiger partial charge on any atom is 0.317 e. The van der Waals surface area contributed by atoms with Gasteiger partial charge < -0.3 is 20.3 Å². The normalized spacial score (nSPS) is 26.1. The Balaban J connectivity index is 1.81. The number of carbonyl (C=O) groups is 2. The van der Waals surface area contributed by atoms with Crippen molar-refractivity contribution in [1.82, 2.24) is 15.5 Å². The third kappa shape index (κ3) is 2.85. The van der Waals surface area contributed by atoms with Crippen LogP contribution in [-0.2, 0) is 9.53 Å². The van der Waals surface area contributed by atoms with Crippen molar-refractivity contribution in [2.45, 2.75) is 18.9 Å². The molecule has 3 amide bonds. The number of urea groups is 1. The molecule has 2 aliphatic rings. The average Bonchev–Trinajstić information content (AvgIpc) is 2.66. The summed E-state index contributed by atoms with van der Waals surface area (Å²) in [6.45, 7) is 2.91. The molecule has 1 unspecified atom stereocenters. The van der Waals surface area contributed by atoms with Crippen molar-refractivity contribution in [1.29, 1.82) is 0 Å². The van der Waals surface area contributed by atoms with Gasteiger partial charge in [0.2, 0.25) is 5.91 Å². The van der Waals surface area contributed by atoms with Crippen molar-refractivity contribution < 1.29 is 14.3 Å². The lowest BCUT2D eigenvalue weighted by molar-refractivity contribution is -0.120. The van der Waals surface area contributed by atoms with Crippen LogP contribution in [0.4, 0.5) is 4.79 Å². The number of nitrogens with zero attached hydrogens (tertiary/aromatic N) is 1. The van der Waals surface area contributed by atoms with E-state index in [-0.39, 0.29) is 18.0 Å². The van der Waals surface area contributed by atoms with Gasteiger partial charge in [-0.15, -0.1) is 0 Å². The molecule has 0 saturated carbocycles. The third-order valence-corrected chi connectivity index (χ3v) is 2.86. The first kappa shape index (κ1) is 11.2. The molecule has 0 radical (unpaired) electrons. The Morgan fingerprint density at radius 1 is 1.50 bits per heavy atom. The fourth-order valence-electron chi connectivity index (χ4n) is 1.88. The average molecular weight is 227 g/mol. The van der Waals surface area contributed by atoms with Crippen LogP contribution in [0.25, 0.3) is 0 Å². The van der Waals surface area contributed by atoms with E-state index in [9.17, 15) is 9.59 Å². The van der Waals surface area contributed by atoms with Gasteiger partial charge >= 0.3 is 6.03 Å². The molecular formula is C10H17N3O3. The molecule has 2 rings (SSSR count). The standard InChI is InChI=1S/C10H17N3O3/c14-9-1-4-13(5-3-11-9)10(15)12-8-2-6-16-7-8/h8H,1-7H2,(H,11,14)(H,12,15). The number of rotatable bonds is 1. The Morgan fingerprint density at radius 2 is 2.38 bits per heavy atom. The minimum absolute atomic E-state index is 0.0134. The monoisotopic (exact) mass is 227 g/mol.